The highest BCUT2D eigenvalue weighted by Gasteiger charge is 2.78. The molecule has 6 rings (SSSR count). The van der Waals surface area contributed by atoms with Gasteiger partial charge in [0.25, 0.3) is 0 Å². The van der Waals surface area contributed by atoms with Crippen LogP contribution >= 0.6 is 0 Å². The molecule has 5 unspecified atom stereocenters. The van der Waals surface area contributed by atoms with Crippen molar-refractivity contribution in [2.24, 2.45) is 5.73 Å². The Balaban J connectivity index is 0.00000294. The Kier molecular flexibility index (Phi) is 6.38. The van der Waals surface area contributed by atoms with E-state index in [9.17, 15) is 10.2 Å². The van der Waals surface area contributed by atoms with Gasteiger partial charge in [0.1, 0.15) is 23.4 Å². The summed E-state index contributed by atoms with van der Waals surface area (Å²) < 4.78 is 23.9. The summed E-state index contributed by atoms with van der Waals surface area (Å²) >= 11 is 0. The summed E-state index contributed by atoms with van der Waals surface area (Å²) in [4.78, 5) is 0. The van der Waals surface area contributed by atoms with Gasteiger partial charge in [-0.3, -0.25) is 0 Å². The van der Waals surface area contributed by atoms with E-state index in [1.807, 2.05) is 60.7 Å². The molecule has 0 saturated heterocycles. The average molecular weight is 518 g/mol. The number of aliphatic hydroxyl groups is 2. The van der Waals surface area contributed by atoms with E-state index in [-0.39, 0.29) is 25.8 Å². The summed E-state index contributed by atoms with van der Waals surface area (Å²) in [5.41, 5.74) is 4.10. The fourth-order valence-corrected chi connectivity index (χ4v) is 6.11. The number of nitrogens with zero attached hydrogens (tertiary/aromatic N) is 2. The molecule has 38 heavy (non-hydrogen) atoms. The van der Waals surface area contributed by atoms with E-state index in [4.69, 9.17) is 24.4 Å². The normalized spacial score (nSPS) is 27.1. The van der Waals surface area contributed by atoms with Crippen molar-refractivity contribution in [1.29, 1.82) is 0 Å². The molecule has 9 nitrogen and oxygen atoms in total. The predicted octanol–water partition coefficient (Wildman–Crippen LogP) is 3.60. The largest absolute Gasteiger partial charge is 0.496 e. The first kappa shape index (κ1) is 25.7. The van der Waals surface area contributed by atoms with Crippen LogP contribution in [0.2, 0.25) is 0 Å². The standard InChI is InChI=1S/C28H27N3O6.CH4/c1-34-18-13-19(35-2)24-20(14-18)37-28(17-11-7-4-8-12-17)23(16-9-5-3-6-10-16)22(25(32)27(24,28)33)26-31-30-21(15-29)36-26;/h3-14,22-23,25,32-33H,15,29H2,1-2H3;1H4. The molecule has 1 aliphatic carbocycles. The Morgan fingerprint density at radius 3 is 2.26 bits per heavy atom. The van der Waals surface area contributed by atoms with Gasteiger partial charge >= 0.3 is 0 Å². The number of aromatic nitrogens is 2. The molecule has 0 spiro atoms. The minimum Gasteiger partial charge on any atom is -0.496 e. The Bertz CT molecular complexity index is 1430. The Hall–Kier alpha value is -3.92. The minimum absolute atomic E-state index is 0. The van der Waals surface area contributed by atoms with Gasteiger partial charge in [0.05, 0.1) is 32.2 Å². The highest BCUT2D eigenvalue weighted by molar-refractivity contribution is 5.63. The molecular formula is C29H31N3O6. The van der Waals surface area contributed by atoms with Crippen molar-refractivity contribution >= 4 is 0 Å². The Morgan fingerprint density at radius 1 is 0.974 bits per heavy atom. The lowest BCUT2D eigenvalue weighted by molar-refractivity contribution is -0.151. The van der Waals surface area contributed by atoms with Crippen molar-refractivity contribution in [3.63, 3.8) is 0 Å². The van der Waals surface area contributed by atoms with Crippen LogP contribution in [0.4, 0.5) is 0 Å². The number of aliphatic hydroxyl groups excluding tert-OH is 1. The van der Waals surface area contributed by atoms with Crippen molar-refractivity contribution in [2.45, 2.75) is 43.1 Å². The van der Waals surface area contributed by atoms with Gasteiger partial charge < -0.3 is 34.6 Å². The first-order valence-corrected chi connectivity index (χ1v) is 12.0. The molecule has 9 heteroatoms. The quantitative estimate of drug-likeness (QED) is 0.351. The second-order valence-electron chi connectivity index (χ2n) is 9.27. The maximum atomic E-state index is 12.8. The molecule has 0 amide bonds. The van der Waals surface area contributed by atoms with Crippen LogP contribution in [0, 0.1) is 0 Å². The summed E-state index contributed by atoms with van der Waals surface area (Å²) in [6.45, 7) is 0.0485. The number of methoxy groups -OCH3 is 2. The van der Waals surface area contributed by atoms with E-state index in [2.05, 4.69) is 10.2 Å². The van der Waals surface area contributed by atoms with Crippen molar-refractivity contribution in [3.8, 4) is 17.2 Å². The summed E-state index contributed by atoms with van der Waals surface area (Å²) in [5.74, 6) is 0.0938. The summed E-state index contributed by atoms with van der Waals surface area (Å²) in [6.07, 6.45) is -1.42. The molecule has 1 aromatic heterocycles. The molecule has 198 valence electrons. The number of hydrogen-bond acceptors (Lipinski definition) is 9. The minimum atomic E-state index is -1.97. The molecule has 4 N–H and O–H groups in total. The summed E-state index contributed by atoms with van der Waals surface area (Å²) in [7, 11) is 3.04. The van der Waals surface area contributed by atoms with Crippen LogP contribution < -0.4 is 19.9 Å². The van der Waals surface area contributed by atoms with Crippen molar-refractivity contribution in [2.75, 3.05) is 14.2 Å². The van der Waals surface area contributed by atoms with Crippen LogP contribution in [0.1, 0.15) is 47.7 Å². The number of benzene rings is 3. The van der Waals surface area contributed by atoms with Crippen molar-refractivity contribution in [3.05, 3.63) is 101 Å². The lowest BCUT2D eigenvalue weighted by Crippen LogP contribution is -2.52. The van der Waals surface area contributed by atoms with Crippen molar-refractivity contribution in [1.82, 2.24) is 10.2 Å². The fraction of sp³-hybridized carbons (Fsp3) is 0.310. The number of ether oxygens (including phenoxy) is 3. The zero-order chi connectivity index (χ0) is 25.8. The molecule has 1 saturated carbocycles. The average Bonchev–Trinajstić information content (AvgIpc) is 3.58. The lowest BCUT2D eigenvalue weighted by atomic mass is 9.70. The monoisotopic (exact) mass is 517 g/mol. The molecule has 4 aromatic rings. The topological polar surface area (TPSA) is 133 Å². The van der Waals surface area contributed by atoms with E-state index in [0.29, 0.717) is 28.4 Å². The van der Waals surface area contributed by atoms with Gasteiger partial charge in [-0.15, -0.1) is 10.2 Å². The second-order valence-corrected chi connectivity index (χ2v) is 9.27. The van der Waals surface area contributed by atoms with Crippen LogP contribution in [0.15, 0.2) is 77.2 Å². The van der Waals surface area contributed by atoms with Crippen molar-refractivity contribution < 1.29 is 28.8 Å². The van der Waals surface area contributed by atoms with Crippen LogP contribution in [0.5, 0.6) is 17.2 Å². The maximum absolute atomic E-state index is 12.8. The van der Waals surface area contributed by atoms with Crippen LogP contribution in [-0.2, 0) is 17.7 Å². The van der Waals surface area contributed by atoms with Crippen LogP contribution in [0.3, 0.4) is 0 Å². The van der Waals surface area contributed by atoms with Gasteiger partial charge in [-0.25, -0.2) is 0 Å². The first-order valence-electron chi connectivity index (χ1n) is 12.0. The molecule has 1 fully saturated rings. The maximum Gasteiger partial charge on any atom is 0.230 e. The molecule has 0 bridgehead atoms. The van der Waals surface area contributed by atoms with Crippen LogP contribution in [-0.4, -0.2) is 40.7 Å². The summed E-state index contributed by atoms with van der Waals surface area (Å²) in [6, 6.07) is 22.3. The third-order valence-corrected chi connectivity index (χ3v) is 7.58. The van der Waals surface area contributed by atoms with Crippen LogP contribution in [0.25, 0.3) is 0 Å². The molecule has 2 aliphatic rings. The van der Waals surface area contributed by atoms with E-state index < -0.39 is 29.1 Å². The second kappa shape index (κ2) is 9.43. The summed E-state index contributed by atoms with van der Waals surface area (Å²) in [5, 5.41) is 33.2. The smallest absolute Gasteiger partial charge is 0.230 e. The zero-order valence-corrected chi connectivity index (χ0v) is 20.4. The molecule has 2 heterocycles. The molecule has 0 radical (unpaired) electrons. The Labute approximate surface area is 220 Å². The first-order chi connectivity index (χ1) is 18.0. The zero-order valence-electron chi connectivity index (χ0n) is 20.4. The van der Waals surface area contributed by atoms with E-state index in [1.165, 1.54) is 7.11 Å². The Morgan fingerprint density at radius 2 is 1.66 bits per heavy atom. The molecule has 3 aromatic carbocycles. The number of fused-ring (bicyclic) bond motifs is 3. The predicted molar refractivity (Wildman–Crippen MR) is 139 cm³/mol. The van der Waals surface area contributed by atoms with Gasteiger partial charge in [0.15, 0.2) is 11.2 Å². The highest BCUT2D eigenvalue weighted by Crippen LogP contribution is 2.71. The van der Waals surface area contributed by atoms with Gasteiger partial charge in [-0.1, -0.05) is 68.1 Å². The van der Waals surface area contributed by atoms with Gasteiger partial charge in [0, 0.05) is 18.1 Å². The van der Waals surface area contributed by atoms with E-state index in [1.54, 1.807) is 19.2 Å². The molecule has 1 aliphatic heterocycles. The van der Waals surface area contributed by atoms with Gasteiger partial charge in [-0.2, -0.15) is 0 Å². The molecule has 5 atom stereocenters. The fourth-order valence-electron chi connectivity index (χ4n) is 6.11. The highest BCUT2D eigenvalue weighted by atomic mass is 16.5. The van der Waals surface area contributed by atoms with E-state index in [0.717, 1.165) is 5.56 Å². The van der Waals surface area contributed by atoms with Gasteiger partial charge in [-0.05, 0) is 11.1 Å². The number of nitrogens with two attached hydrogens (primary N) is 1. The number of rotatable bonds is 6. The number of hydrogen-bond donors (Lipinski definition) is 3. The lowest BCUT2D eigenvalue weighted by Gasteiger charge is -2.40. The molecular weight excluding hydrogens is 486 g/mol. The third kappa shape index (κ3) is 3.29. The SMILES string of the molecule is C.COc1cc(OC)c2c(c1)OC1(c3ccccc3)C(c3ccccc3)C(c3nnc(CN)o3)C(O)C21O. The van der Waals surface area contributed by atoms with E-state index >= 15 is 0 Å². The third-order valence-electron chi connectivity index (χ3n) is 7.58. The van der Waals surface area contributed by atoms with Gasteiger partial charge in [0.2, 0.25) is 11.8 Å².